The number of hydrogen-bond donors (Lipinski definition) is 6. The van der Waals surface area contributed by atoms with Gasteiger partial charge in [-0.15, -0.1) is 0 Å². The summed E-state index contributed by atoms with van der Waals surface area (Å²) in [4.78, 5) is 0. The second-order valence-electron chi connectivity index (χ2n) is 14.7. The molecular weight excluding hydrogens is 723 g/mol. The molecule has 0 spiro atoms. The Labute approximate surface area is 346 Å². The largest absolute Gasteiger partial charge is 0.405 e. The van der Waals surface area contributed by atoms with Crippen molar-refractivity contribution in [2.24, 2.45) is 17.2 Å². The minimum Gasteiger partial charge on any atom is -0.405 e. The quantitative estimate of drug-likeness (QED) is 0.0524. The Morgan fingerprint density at radius 1 is 0.915 bits per heavy atom. The number of dihydropyridines is 2. The molecular formula is C52H51N7. The van der Waals surface area contributed by atoms with Gasteiger partial charge in [-0.2, -0.15) is 0 Å². The molecule has 0 bridgehead atoms. The van der Waals surface area contributed by atoms with Crippen molar-refractivity contribution >= 4 is 49.9 Å². The fourth-order valence-corrected chi connectivity index (χ4v) is 7.56. The fraction of sp³-hybridized carbons (Fsp3) is 0.0962. The van der Waals surface area contributed by atoms with Crippen LogP contribution in [0.4, 0.5) is 0 Å². The second-order valence-corrected chi connectivity index (χ2v) is 14.7. The zero-order valence-electron chi connectivity index (χ0n) is 33.6. The maximum atomic E-state index is 7.52. The molecule has 2 aliphatic rings. The minimum absolute atomic E-state index is 0.167. The topological polar surface area (TPSA) is 131 Å². The molecule has 59 heavy (non-hydrogen) atoms. The summed E-state index contributed by atoms with van der Waals surface area (Å²) in [5, 5.41) is 19.1. The summed E-state index contributed by atoms with van der Waals surface area (Å²) in [6, 6.07) is 28.4. The molecule has 0 saturated heterocycles. The molecule has 0 radical (unpaired) electrons. The summed E-state index contributed by atoms with van der Waals surface area (Å²) < 4.78 is 2.39. The summed E-state index contributed by atoms with van der Waals surface area (Å²) >= 11 is 0. The zero-order valence-corrected chi connectivity index (χ0v) is 33.6. The lowest BCUT2D eigenvalue weighted by molar-refractivity contribution is 0.764. The molecule has 294 valence electrons. The molecule has 7 rings (SSSR count). The molecule has 0 aliphatic carbocycles. The first-order chi connectivity index (χ1) is 28.8. The van der Waals surface area contributed by atoms with Crippen LogP contribution in [0.2, 0.25) is 0 Å². The van der Waals surface area contributed by atoms with Gasteiger partial charge in [0.15, 0.2) is 0 Å². The number of rotatable bonds is 13. The Morgan fingerprint density at radius 2 is 1.69 bits per heavy atom. The first-order valence-corrected chi connectivity index (χ1v) is 19.8. The van der Waals surface area contributed by atoms with E-state index in [1.807, 2.05) is 31.2 Å². The second kappa shape index (κ2) is 18.2. The number of allylic oxidation sites excluding steroid dienone is 14. The summed E-state index contributed by atoms with van der Waals surface area (Å²) in [5.41, 5.74) is 31.3. The van der Waals surface area contributed by atoms with Gasteiger partial charge in [0.05, 0.1) is 17.1 Å². The Balaban J connectivity index is 1.40. The number of benzene rings is 4. The minimum atomic E-state index is -0.167. The number of nitrogens with two attached hydrogens (primary N) is 3. The average molecular weight is 774 g/mol. The number of fused-ring (bicyclic) bond motifs is 5. The first kappa shape index (κ1) is 39.7. The van der Waals surface area contributed by atoms with E-state index < -0.39 is 0 Å². The Morgan fingerprint density at radius 3 is 2.46 bits per heavy atom. The van der Waals surface area contributed by atoms with Crippen LogP contribution in [0.25, 0.3) is 49.4 Å². The van der Waals surface area contributed by atoms with Crippen molar-refractivity contribution in [3.63, 3.8) is 0 Å². The molecule has 0 saturated carbocycles. The molecule has 1 unspecified atom stereocenters. The molecule has 1 atom stereocenters. The van der Waals surface area contributed by atoms with Gasteiger partial charge in [-0.1, -0.05) is 97.6 Å². The molecule has 7 nitrogen and oxygen atoms in total. The van der Waals surface area contributed by atoms with E-state index in [1.165, 1.54) is 35.0 Å². The van der Waals surface area contributed by atoms with E-state index in [-0.39, 0.29) is 6.04 Å². The lowest BCUT2D eigenvalue weighted by atomic mass is 9.93. The van der Waals surface area contributed by atoms with Crippen molar-refractivity contribution < 1.29 is 0 Å². The van der Waals surface area contributed by atoms with E-state index >= 15 is 0 Å². The van der Waals surface area contributed by atoms with E-state index in [0.29, 0.717) is 5.70 Å². The van der Waals surface area contributed by atoms with Gasteiger partial charge in [-0.3, -0.25) is 0 Å². The molecule has 9 N–H and O–H groups in total. The molecule has 7 heteroatoms. The predicted octanol–water partition coefficient (Wildman–Crippen LogP) is 10.4. The lowest BCUT2D eigenvalue weighted by Crippen LogP contribution is -2.31. The molecule has 0 fully saturated rings. The van der Waals surface area contributed by atoms with Crippen LogP contribution in [0.1, 0.15) is 31.4 Å². The van der Waals surface area contributed by atoms with Crippen LogP contribution >= 0.6 is 0 Å². The van der Waals surface area contributed by atoms with Crippen LogP contribution in [0.5, 0.6) is 0 Å². The fourth-order valence-electron chi connectivity index (χ4n) is 7.56. The summed E-state index contributed by atoms with van der Waals surface area (Å²) in [5.74, 6) is 0. The molecule has 2 aliphatic heterocycles. The van der Waals surface area contributed by atoms with Gasteiger partial charge in [0, 0.05) is 52.2 Å². The van der Waals surface area contributed by atoms with Crippen molar-refractivity contribution in [3.05, 3.63) is 222 Å². The number of hydrogen-bond acceptors (Lipinski definition) is 6. The highest BCUT2D eigenvalue weighted by Gasteiger charge is 2.20. The highest BCUT2D eigenvalue weighted by Crippen LogP contribution is 2.39. The van der Waals surface area contributed by atoms with E-state index in [4.69, 9.17) is 22.6 Å². The highest BCUT2D eigenvalue weighted by molar-refractivity contribution is 6.19. The zero-order chi connectivity index (χ0) is 41.3. The normalized spacial score (nSPS) is 16.8. The number of para-hydroxylation sites is 1. The standard InChI is InChI=1S/C52H51N7/c1-35(11-7-25-53)48(56)30-40(18-17-38-14-10-28-57-34-38)39-19-22-45-42(29-39)21-24-47-46-23-20-41(33-51(46)59(52(45)47)44-15-5-4-6-16-44)43-31-49(36(2)12-8-26-54)58-50(32-43)37(3)13-9-27-55/h4-16,18-27,29-34,49,54,57-58H,2,17,28,53,55-56H2,1,3H3/b12-8-,25-7-,27-9-,35-11+,37-13+,40-18+,48-30-,54-26?. The Kier molecular flexibility index (Phi) is 12.2. The van der Waals surface area contributed by atoms with Crippen LogP contribution in [-0.4, -0.2) is 23.4 Å². The van der Waals surface area contributed by atoms with Crippen molar-refractivity contribution in [1.29, 1.82) is 5.41 Å². The van der Waals surface area contributed by atoms with Crippen molar-refractivity contribution in [3.8, 4) is 5.69 Å². The Bertz CT molecular complexity index is 2790. The maximum absolute atomic E-state index is 7.52. The van der Waals surface area contributed by atoms with E-state index in [1.54, 1.807) is 12.2 Å². The first-order valence-electron chi connectivity index (χ1n) is 19.8. The molecule has 5 aromatic rings. The monoisotopic (exact) mass is 773 g/mol. The highest BCUT2D eigenvalue weighted by atomic mass is 15.0. The van der Waals surface area contributed by atoms with E-state index in [2.05, 4.69) is 150 Å². The maximum Gasteiger partial charge on any atom is 0.0701 e. The molecule has 3 heterocycles. The van der Waals surface area contributed by atoms with Crippen molar-refractivity contribution in [2.75, 3.05) is 6.54 Å². The van der Waals surface area contributed by atoms with Gasteiger partial charge in [-0.25, -0.2) is 0 Å². The van der Waals surface area contributed by atoms with Gasteiger partial charge >= 0.3 is 0 Å². The molecule has 0 amide bonds. The van der Waals surface area contributed by atoms with Crippen molar-refractivity contribution in [2.45, 2.75) is 26.3 Å². The van der Waals surface area contributed by atoms with Crippen LogP contribution in [0.3, 0.4) is 0 Å². The predicted molar refractivity (Wildman–Crippen MR) is 253 cm³/mol. The van der Waals surface area contributed by atoms with Gasteiger partial charge in [-0.05, 0) is 143 Å². The van der Waals surface area contributed by atoms with Crippen LogP contribution in [0.15, 0.2) is 211 Å². The molecule has 1 aromatic heterocycles. The number of nitrogens with one attached hydrogen (secondary N) is 3. The van der Waals surface area contributed by atoms with Gasteiger partial charge in [0.2, 0.25) is 0 Å². The van der Waals surface area contributed by atoms with Crippen LogP contribution < -0.4 is 27.8 Å². The van der Waals surface area contributed by atoms with E-state index in [0.717, 1.165) is 85.1 Å². The van der Waals surface area contributed by atoms with Crippen LogP contribution in [-0.2, 0) is 0 Å². The van der Waals surface area contributed by atoms with Crippen LogP contribution in [0, 0.1) is 5.41 Å². The third kappa shape index (κ3) is 8.75. The summed E-state index contributed by atoms with van der Waals surface area (Å²) in [7, 11) is 0. The lowest BCUT2D eigenvalue weighted by Gasteiger charge is -2.26. The van der Waals surface area contributed by atoms with Crippen molar-refractivity contribution in [1.82, 2.24) is 15.2 Å². The summed E-state index contributed by atoms with van der Waals surface area (Å²) in [6.07, 6.45) is 31.3. The van der Waals surface area contributed by atoms with Gasteiger partial charge in [0.25, 0.3) is 0 Å². The Hall–Kier alpha value is -7.51. The van der Waals surface area contributed by atoms with E-state index in [9.17, 15) is 0 Å². The third-order valence-corrected chi connectivity index (χ3v) is 10.7. The third-order valence-electron chi connectivity index (χ3n) is 10.7. The molecule has 4 aromatic carbocycles. The van der Waals surface area contributed by atoms with Gasteiger partial charge < -0.3 is 37.8 Å². The van der Waals surface area contributed by atoms with Gasteiger partial charge in [0.1, 0.15) is 0 Å². The average Bonchev–Trinajstić information content (AvgIpc) is 3.62. The number of aromatic nitrogens is 1. The SMILES string of the molecule is C=C(/C=C\C=N)C1C=C(c2ccc3c4ccc5cc(C(/C=C(N)/C(C)=C/C=C\N)=C/CC6=CNCC=C6)ccc5c4n(-c4ccccc4)c3c2)C=C(/C(C)=C/C=C\N)N1. The smallest absolute Gasteiger partial charge is 0.0701 e. The summed E-state index contributed by atoms with van der Waals surface area (Å²) in [6.45, 7) is 9.23. The number of nitrogens with zero attached hydrogens (tertiary/aromatic N) is 1.